The van der Waals surface area contributed by atoms with E-state index in [0.717, 1.165) is 0 Å². The highest BCUT2D eigenvalue weighted by atomic mass is 16.5. The van der Waals surface area contributed by atoms with Crippen LogP contribution in [0.1, 0.15) is 19.8 Å². The van der Waals surface area contributed by atoms with Gasteiger partial charge in [0.2, 0.25) is 5.91 Å². The number of hydrogen-bond donors (Lipinski definition) is 3. The number of carbonyl (C=O) groups excluding carboxylic acids is 2. The lowest BCUT2D eigenvalue weighted by atomic mass is 10.1. The molecule has 7 nitrogen and oxygen atoms in total. The lowest BCUT2D eigenvalue weighted by molar-refractivity contribution is -0.139. The van der Waals surface area contributed by atoms with Crippen LogP contribution in [0.4, 0.5) is 4.79 Å². The molecule has 15 heavy (non-hydrogen) atoms. The van der Waals surface area contributed by atoms with Crippen molar-refractivity contribution in [3.05, 3.63) is 0 Å². The summed E-state index contributed by atoms with van der Waals surface area (Å²) in [5, 5.41) is 10.8. The number of alkyl carbamates (subject to hydrolysis) is 1. The maximum Gasteiger partial charge on any atom is 0.407 e. The predicted molar refractivity (Wildman–Crippen MR) is 50.0 cm³/mol. The summed E-state index contributed by atoms with van der Waals surface area (Å²) in [6, 6.07) is -1.16. The molecule has 4 N–H and O–H groups in total. The Bertz CT molecular complexity index is 253. The Morgan fingerprint density at radius 1 is 1.47 bits per heavy atom. The molecule has 0 aliphatic heterocycles. The molecule has 0 saturated heterocycles. The molecule has 0 radical (unpaired) electrons. The summed E-state index contributed by atoms with van der Waals surface area (Å²) >= 11 is 0. The third-order valence-electron chi connectivity index (χ3n) is 1.55. The normalized spacial score (nSPS) is 11.5. The van der Waals surface area contributed by atoms with Gasteiger partial charge in [0.05, 0.1) is 6.61 Å². The van der Waals surface area contributed by atoms with Gasteiger partial charge in [-0.25, -0.2) is 9.59 Å². The standard InChI is InChI=1S/C8H14N2O5/c1-2-15-8(14)10-5(7(12)13)3-4-6(9)11/h5H,2-4H2,1H3,(H2,9,11)(H,10,14)(H,12,13)/t5-/m1/s1. The summed E-state index contributed by atoms with van der Waals surface area (Å²) in [4.78, 5) is 31.9. The maximum atomic E-state index is 10.9. The van der Waals surface area contributed by atoms with E-state index in [1.54, 1.807) is 6.92 Å². The molecule has 0 aromatic carbocycles. The summed E-state index contributed by atoms with van der Waals surface area (Å²) in [7, 11) is 0. The van der Waals surface area contributed by atoms with Gasteiger partial charge < -0.3 is 20.9 Å². The summed E-state index contributed by atoms with van der Waals surface area (Å²) in [6.07, 6.45) is -0.985. The van der Waals surface area contributed by atoms with E-state index in [2.05, 4.69) is 10.1 Å². The third-order valence-corrected chi connectivity index (χ3v) is 1.55. The number of amides is 2. The predicted octanol–water partition coefficient (Wildman–Crippen LogP) is -0.549. The van der Waals surface area contributed by atoms with E-state index in [1.165, 1.54) is 0 Å². The molecule has 0 heterocycles. The molecule has 0 saturated carbocycles. The van der Waals surface area contributed by atoms with E-state index >= 15 is 0 Å². The van der Waals surface area contributed by atoms with Crippen LogP contribution in [0.15, 0.2) is 0 Å². The highest BCUT2D eigenvalue weighted by molar-refractivity contribution is 5.81. The zero-order chi connectivity index (χ0) is 11.8. The molecule has 0 bridgehead atoms. The van der Waals surface area contributed by atoms with Gasteiger partial charge in [0.25, 0.3) is 0 Å². The Labute approximate surface area is 86.6 Å². The number of primary amides is 1. The summed E-state index contributed by atoms with van der Waals surface area (Å²) in [5.41, 5.74) is 4.85. The second kappa shape index (κ2) is 6.63. The summed E-state index contributed by atoms with van der Waals surface area (Å²) in [5.74, 6) is -1.85. The summed E-state index contributed by atoms with van der Waals surface area (Å²) in [6.45, 7) is 1.74. The summed E-state index contributed by atoms with van der Waals surface area (Å²) < 4.78 is 4.50. The third kappa shape index (κ3) is 6.30. The fraction of sp³-hybridized carbons (Fsp3) is 0.625. The Hall–Kier alpha value is -1.79. The molecular formula is C8H14N2O5. The van der Waals surface area contributed by atoms with Crippen LogP contribution >= 0.6 is 0 Å². The van der Waals surface area contributed by atoms with Crippen molar-refractivity contribution in [1.29, 1.82) is 0 Å². The van der Waals surface area contributed by atoms with Crippen molar-refractivity contribution < 1.29 is 24.2 Å². The Kier molecular flexibility index (Phi) is 5.84. The first-order valence-electron chi connectivity index (χ1n) is 4.41. The van der Waals surface area contributed by atoms with Gasteiger partial charge in [0.1, 0.15) is 6.04 Å². The van der Waals surface area contributed by atoms with E-state index in [9.17, 15) is 14.4 Å². The molecule has 2 amide bonds. The molecule has 0 spiro atoms. The van der Waals surface area contributed by atoms with Crippen molar-refractivity contribution in [2.24, 2.45) is 5.73 Å². The van der Waals surface area contributed by atoms with E-state index in [0.29, 0.717) is 0 Å². The topological polar surface area (TPSA) is 119 Å². The van der Waals surface area contributed by atoms with E-state index < -0.39 is 24.0 Å². The molecule has 0 unspecified atom stereocenters. The van der Waals surface area contributed by atoms with Crippen molar-refractivity contribution in [2.45, 2.75) is 25.8 Å². The lowest BCUT2D eigenvalue weighted by Crippen LogP contribution is -2.41. The molecule has 1 atom stereocenters. The average molecular weight is 218 g/mol. The molecule has 0 aliphatic rings. The van der Waals surface area contributed by atoms with Gasteiger partial charge in [-0.05, 0) is 13.3 Å². The number of aliphatic carboxylic acids is 1. The number of ether oxygens (including phenoxy) is 1. The van der Waals surface area contributed by atoms with Gasteiger partial charge in [0.15, 0.2) is 0 Å². The minimum Gasteiger partial charge on any atom is -0.480 e. The van der Waals surface area contributed by atoms with Crippen molar-refractivity contribution in [3.8, 4) is 0 Å². The zero-order valence-electron chi connectivity index (χ0n) is 8.36. The molecular weight excluding hydrogens is 204 g/mol. The number of hydrogen-bond acceptors (Lipinski definition) is 4. The highest BCUT2D eigenvalue weighted by Gasteiger charge is 2.20. The van der Waals surface area contributed by atoms with Crippen LogP contribution in [0.3, 0.4) is 0 Å². The fourth-order valence-electron chi connectivity index (χ4n) is 0.859. The number of nitrogens with one attached hydrogen (secondary N) is 1. The SMILES string of the molecule is CCOC(=O)N[C@H](CCC(N)=O)C(=O)O. The van der Waals surface area contributed by atoms with Crippen LogP contribution in [0.2, 0.25) is 0 Å². The lowest BCUT2D eigenvalue weighted by Gasteiger charge is -2.12. The fourth-order valence-corrected chi connectivity index (χ4v) is 0.859. The van der Waals surface area contributed by atoms with E-state index in [-0.39, 0.29) is 19.4 Å². The van der Waals surface area contributed by atoms with Crippen molar-refractivity contribution in [1.82, 2.24) is 5.32 Å². The smallest absolute Gasteiger partial charge is 0.407 e. The van der Waals surface area contributed by atoms with Crippen LogP contribution in [-0.4, -0.2) is 35.7 Å². The molecule has 86 valence electrons. The Morgan fingerprint density at radius 2 is 2.07 bits per heavy atom. The average Bonchev–Trinajstić information content (AvgIpc) is 2.11. The van der Waals surface area contributed by atoms with Crippen LogP contribution in [0.5, 0.6) is 0 Å². The van der Waals surface area contributed by atoms with Crippen LogP contribution in [-0.2, 0) is 14.3 Å². The zero-order valence-corrected chi connectivity index (χ0v) is 8.36. The largest absolute Gasteiger partial charge is 0.480 e. The van der Waals surface area contributed by atoms with Gasteiger partial charge in [0, 0.05) is 6.42 Å². The van der Waals surface area contributed by atoms with E-state index in [4.69, 9.17) is 10.8 Å². The quantitative estimate of drug-likeness (QED) is 0.552. The number of carbonyl (C=O) groups is 3. The number of carboxylic acids is 1. The second-order valence-electron chi connectivity index (χ2n) is 2.76. The Balaban J connectivity index is 4.10. The van der Waals surface area contributed by atoms with Crippen molar-refractivity contribution in [3.63, 3.8) is 0 Å². The van der Waals surface area contributed by atoms with Crippen molar-refractivity contribution in [2.75, 3.05) is 6.61 Å². The van der Waals surface area contributed by atoms with Gasteiger partial charge in [-0.1, -0.05) is 0 Å². The first-order valence-corrected chi connectivity index (χ1v) is 4.41. The van der Waals surface area contributed by atoms with Crippen LogP contribution in [0, 0.1) is 0 Å². The number of carboxylic acid groups (broad SMARTS) is 1. The highest BCUT2D eigenvalue weighted by Crippen LogP contribution is 1.97. The molecule has 0 aromatic rings. The molecule has 0 rings (SSSR count). The number of nitrogens with two attached hydrogens (primary N) is 1. The van der Waals surface area contributed by atoms with Gasteiger partial charge in [-0.3, -0.25) is 4.79 Å². The van der Waals surface area contributed by atoms with Gasteiger partial charge >= 0.3 is 12.1 Å². The minimum atomic E-state index is -1.23. The monoisotopic (exact) mass is 218 g/mol. The Morgan fingerprint density at radius 3 is 2.47 bits per heavy atom. The van der Waals surface area contributed by atoms with Gasteiger partial charge in [-0.15, -0.1) is 0 Å². The molecule has 0 aromatic heterocycles. The molecule has 0 aliphatic carbocycles. The van der Waals surface area contributed by atoms with Crippen LogP contribution < -0.4 is 11.1 Å². The van der Waals surface area contributed by atoms with Crippen LogP contribution in [0.25, 0.3) is 0 Å². The molecule has 0 fully saturated rings. The second-order valence-corrected chi connectivity index (χ2v) is 2.76. The molecule has 7 heteroatoms. The first kappa shape index (κ1) is 13.2. The number of rotatable bonds is 6. The van der Waals surface area contributed by atoms with Crippen molar-refractivity contribution >= 4 is 18.0 Å². The first-order chi connectivity index (χ1) is 6.97. The van der Waals surface area contributed by atoms with E-state index in [1.807, 2.05) is 0 Å². The minimum absolute atomic E-state index is 0.0521. The maximum absolute atomic E-state index is 10.9. The van der Waals surface area contributed by atoms with Gasteiger partial charge in [-0.2, -0.15) is 0 Å².